The first kappa shape index (κ1) is 33.8. The summed E-state index contributed by atoms with van der Waals surface area (Å²) >= 11 is 0. The number of carbonyl (C=O) groups is 2. The number of amides is 2. The topological polar surface area (TPSA) is 152 Å². The van der Waals surface area contributed by atoms with Crippen LogP contribution in [0.5, 0.6) is 0 Å². The first-order valence-electron chi connectivity index (χ1n) is 13.3. The van der Waals surface area contributed by atoms with Gasteiger partial charge in [-0.25, -0.2) is 9.59 Å². The first-order valence-corrected chi connectivity index (χ1v) is 13.3. The molecule has 0 aliphatic carbocycles. The number of carbonyl (C=O) groups excluding carboxylic acids is 2. The Kier molecular flexibility index (Phi) is 12.2. The predicted molar refractivity (Wildman–Crippen MR) is 146 cm³/mol. The zero-order valence-electron chi connectivity index (χ0n) is 25.1. The second kappa shape index (κ2) is 13.7. The quantitative estimate of drug-likeness (QED) is 0.209. The Labute approximate surface area is 228 Å². The van der Waals surface area contributed by atoms with Crippen molar-refractivity contribution in [3.05, 3.63) is 10.4 Å². The lowest BCUT2D eigenvalue weighted by Gasteiger charge is -2.33. The third-order valence-corrected chi connectivity index (χ3v) is 6.00. The molecule has 2 heterocycles. The Balaban J connectivity index is 0.000000382. The highest BCUT2D eigenvalue weighted by atomic mass is 16.6. The summed E-state index contributed by atoms with van der Waals surface area (Å²) < 4.78 is 22.1. The van der Waals surface area contributed by atoms with Crippen LogP contribution in [0.1, 0.15) is 82.1 Å². The van der Waals surface area contributed by atoms with Gasteiger partial charge in [-0.15, -0.1) is 0 Å². The molecule has 2 amide bonds. The molecule has 12 nitrogen and oxygen atoms in total. The van der Waals surface area contributed by atoms with Crippen LogP contribution in [-0.4, -0.2) is 95.9 Å². The van der Waals surface area contributed by atoms with Crippen LogP contribution in [0, 0.1) is 0 Å². The van der Waals surface area contributed by atoms with Gasteiger partial charge in [-0.3, -0.25) is 0 Å². The summed E-state index contributed by atoms with van der Waals surface area (Å²) in [5, 5.41) is 3.42. The summed E-state index contributed by atoms with van der Waals surface area (Å²) in [6.07, 6.45) is 0.965. The van der Waals surface area contributed by atoms with Gasteiger partial charge in [0.05, 0.1) is 38.5 Å². The van der Waals surface area contributed by atoms with Gasteiger partial charge in [0.2, 0.25) is 0 Å². The zero-order chi connectivity index (χ0) is 29.4. The van der Waals surface area contributed by atoms with Crippen LogP contribution < -0.4 is 5.73 Å². The maximum Gasteiger partial charge on any atom is 0.410 e. The van der Waals surface area contributed by atoms with E-state index in [-0.39, 0.29) is 35.5 Å². The lowest BCUT2D eigenvalue weighted by Crippen LogP contribution is -2.45. The van der Waals surface area contributed by atoms with Crippen LogP contribution in [-0.2, 0) is 18.9 Å². The highest BCUT2D eigenvalue weighted by Crippen LogP contribution is 2.33. The summed E-state index contributed by atoms with van der Waals surface area (Å²) in [6, 6.07) is 0. The van der Waals surface area contributed by atoms with Crippen LogP contribution in [0.4, 0.5) is 9.59 Å². The number of hydrogen-bond acceptors (Lipinski definition) is 8. The van der Waals surface area contributed by atoms with Gasteiger partial charge in [-0.1, -0.05) is 5.11 Å². The van der Waals surface area contributed by atoms with Gasteiger partial charge in [0.1, 0.15) is 11.2 Å². The van der Waals surface area contributed by atoms with Gasteiger partial charge in [-0.2, -0.15) is 0 Å². The van der Waals surface area contributed by atoms with E-state index in [1.54, 1.807) is 9.80 Å². The SMILES string of the molecule is CC(C)(C)OC(=O)N1CC(OCCN)CC1(C)C.CC(C)(C)OC(=O)N1CC(OCCN=[N+]=[N-])CC1(C)C. The molecule has 0 aromatic heterocycles. The second-order valence-corrected chi connectivity index (χ2v) is 12.9. The molecule has 2 saturated heterocycles. The van der Waals surface area contributed by atoms with Crippen LogP contribution in [0.2, 0.25) is 0 Å². The van der Waals surface area contributed by atoms with E-state index in [4.69, 9.17) is 30.2 Å². The molecule has 0 bridgehead atoms. The number of azide groups is 1. The monoisotopic (exact) mass is 542 g/mol. The van der Waals surface area contributed by atoms with E-state index in [0.29, 0.717) is 39.4 Å². The van der Waals surface area contributed by atoms with Gasteiger partial charge in [0.15, 0.2) is 0 Å². The molecule has 0 saturated carbocycles. The van der Waals surface area contributed by atoms with Gasteiger partial charge in [-0.05, 0) is 87.6 Å². The maximum atomic E-state index is 12.2. The molecule has 2 N–H and O–H groups in total. The van der Waals surface area contributed by atoms with E-state index in [1.165, 1.54) is 0 Å². The summed E-state index contributed by atoms with van der Waals surface area (Å²) in [6.45, 7) is 22.0. The van der Waals surface area contributed by atoms with Crippen LogP contribution in [0.3, 0.4) is 0 Å². The summed E-state index contributed by atoms with van der Waals surface area (Å²) in [5.41, 5.74) is 12.1. The van der Waals surface area contributed by atoms with Crippen LogP contribution in [0.25, 0.3) is 10.4 Å². The average molecular weight is 543 g/mol. The lowest BCUT2D eigenvalue weighted by molar-refractivity contribution is 0.00946. The number of ether oxygens (including phenoxy) is 4. The molecule has 220 valence electrons. The number of hydrogen-bond donors (Lipinski definition) is 1. The summed E-state index contributed by atoms with van der Waals surface area (Å²) in [5.74, 6) is 0. The number of nitrogens with zero attached hydrogens (tertiary/aromatic N) is 5. The molecule has 0 spiro atoms. The Morgan fingerprint density at radius 1 is 0.868 bits per heavy atom. The Morgan fingerprint density at radius 3 is 1.61 bits per heavy atom. The van der Waals surface area contributed by atoms with E-state index < -0.39 is 11.2 Å². The van der Waals surface area contributed by atoms with Crippen LogP contribution in [0.15, 0.2) is 5.11 Å². The van der Waals surface area contributed by atoms with Crippen molar-refractivity contribution in [3.63, 3.8) is 0 Å². The van der Waals surface area contributed by atoms with Crippen molar-refractivity contribution in [1.29, 1.82) is 0 Å². The number of nitrogens with two attached hydrogens (primary N) is 1. The van der Waals surface area contributed by atoms with Crippen molar-refractivity contribution in [2.45, 2.75) is 117 Å². The Hall–Kier alpha value is -2.27. The van der Waals surface area contributed by atoms with Crippen molar-refractivity contribution in [2.24, 2.45) is 10.8 Å². The van der Waals surface area contributed by atoms with Crippen molar-refractivity contribution in [2.75, 3.05) is 39.4 Å². The molecular formula is C26H50N6O6. The van der Waals surface area contributed by atoms with E-state index in [0.717, 1.165) is 12.8 Å². The molecule has 38 heavy (non-hydrogen) atoms. The predicted octanol–water partition coefficient (Wildman–Crippen LogP) is 4.85. The maximum absolute atomic E-state index is 12.2. The number of rotatable bonds is 7. The minimum Gasteiger partial charge on any atom is -0.444 e. The molecule has 2 rings (SSSR count). The molecule has 0 aromatic rings. The normalized spacial score (nSPS) is 22.3. The van der Waals surface area contributed by atoms with Gasteiger partial charge in [0, 0.05) is 29.1 Å². The fraction of sp³-hybridized carbons (Fsp3) is 0.923. The molecule has 2 aliphatic rings. The molecule has 12 heteroatoms. The van der Waals surface area contributed by atoms with Crippen molar-refractivity contribution < 1.29 is 28.5 Å². The Bertz CT molecular complexity index is 829. The van der Waals surface area contributed by atoms with Gasteiger partial charge >= 0.3 is 12.2 Å². The van der Waals surface area contributed by atoms with Gasteiger partial charge < -0.3 is 34.5 Å². The van der Waals surface area contributed by atoms with Crippen molar-refractivity contribution in [1.82, 2.24) is 9.80 Å². The fourth-order valence-electron chi connectivity index (χ4n) is 4.41. The molecule has 2 atom stereocenters. The summed E-state index contributed by atoms with van der Waals surface area (Å²) in [4.78, 5) is 30.4. The second-order valence-electron chi connectivity index (χ2n) is 12.9. The molecule has 0 aromatic carbocycles. The largest absolute Gasteiger partial charge is 0.444 e. The van der Waals surface area contributed by atoms with Crippen molar-refractivity contribution in [3.8, 4) is 0 Å². The lowest BCUT2D eigenvalue weighted by atomic mass is 10.0. The van der Waals surface area contributed by atoms with E-state index in [1.807, 2.05) is 69.2 Å². The highest BCUT2D eigenvalue weighted by Gasteiger charge is 2.44. The first-order chi connectivity index (χ1) is 17.3. The van der Waals surface area contributed by atoms with Gasteiger partial charge in [0.25, 0.3) is 0 Å². The molecule has 2 aliphatic heterocycles. The Morgan fingerprint density at radius 2 is 1.26 bits per heavy atom. The standard InChI is InChI=1S/C13H24N4O3.C13H26N2O3/c1-12(2,3)20-11(18)17-9-10(8-13(17,4)5)19-7-6-15-16-14;1-12(2,3)18-11(16)15-9-10(17-7-6-14)8-13(15,4)5/h10H,6-9H2,1-5H3;10H,6-9,14H2,1-5H3. The zero-order valence-corrected chi connectivity index (χ0v) is 25.1. The van der Waals surface area contributed by atoms with E-state index >= 15 is 0 Å². The molecule has 2 unspecified atom stereocenters. The molecule has 2 fully saturated rings. The third-order valence-electron chi connectivity index (χ3n) is 6.00. The summed E-state index contributed by atoms with van der Waals surface area (Å²) in [7, 11) is 0. The minimum absolute atomic E-state index is 0.0496. The highest BCUT2D eigenvalue weighted by molar-refractivity contribution is 5.70. The third kappa shape index (κ3) is 11.6. The van der Waals surface area contributed by atoms with E-state index in [2.05, 4.69) is 10.0 Å². The molecule has 0 radical (unpaired) electrons. The minimum atomic E-state index is -0.506. The fourth-order valence-corrected chi connectivity index (χ4v) is 4.41. The average Bonchev–Trinajstić information content (AvgIpc) is 3.22. The number of likely N-dealkylation sites (tertiary alicyclic amines) is 2. The van der Waals surface area contributed by atoms with Crippen molar-refractivity contribution >= 4 is 12.2 Å². The smallest absolute Gasteiger partial charge is 0.410 e. The van der Waals surface area contributed by atoms with Crippen LogP contribution >= 0.6 is 0 Å². The molecular weight excluding hydrogens is 492 g/mol. The van der Waals surface area contributed by atoms with E-state index in [9.17, 15) is 9.59 Å².